The Morgan fingerprint density at radius 2 is 1.81 bits per heavy atom. The highest BCUT2D eigenvalue weighted by Crippen LogP contribution is 2.32. The average molecular weight is 376 g/mol. The molecule has 138 valence electrons. The van der Waals surface area contributed by atoms with Crippen LogP contribution in [0.2, 0.25) is 0 Å². The minimum atomic E-state index is -0.497. The first kappa shape index (κ1) is 19.7. The van der Waals surface area contributed by atoms with Gasteiger partial charge in [-0.2, -0.15) is 0 Å². The molecule has 1 aliphatic rings. The van der Waals surface area contributed by atoms with Crippen molar-refractivity contribution in [3.05, 3.63) is 40.3 Å². The Hall–Kier alpha value is -2.61. The first-order chi connectivity index (χ1) is 12.3. The SMILES string of the molecule is CCCOC(=O)c1ccc(NC(=O)CN2C(=O)SC(=C(C)C)C2=O)cc1. The van der Waals surface area contributed by atoms with Crippen molar-refractivity contribution >= 4 is 40.5 Å². The molecule has 0 radical (unpaired) electrons. The van der Waals surface area contributed by atoms with Crippen LogP contribution in [0.5, 0.6) is 0 Å². The zero-order valence-electron chi connectivity index (χ0n) is 14.8. The van der Waals surface area contributed by atoms with Crippen molar-refractivity contribution in [1.29, 1.82) is 0 Å². The molecule has 0 aliphatic carbocycles. The van der Waals surface area contributed by atoms with Crippen LogP contribution in [0.25, 0.3) is 0 Å². The third kappa shape index (κ3) is 4.72. The number of ether oxygens (including phenoxy) is 1. The maximum atomic E-state index is 12.1. The number of nitrogens with one attached hydrogen (secondary N) is 1. The summed E-state index contributed by atoms with van der Waals surface area (Å²) in [6, 6.07) is 6.20. The summed E-state index contributed by atoms with van der Waals surface area (Å²) in [5, 5.41) is 2.14. The van der Waals surface area contributed by atoms with Crippen molar-refractivity contribution < 1.29 is 23.9 Å². The summed E-state index contributed by atoms with van der Waals surface area (Å²) >= 11 is 0.835. The molecule has 8 heteroatoms. The zero-order valence-corrected chi connectivity index (χ0v) is 15.6. The topological polar surface area (TPSA) is 92.8 Å². The fourth-order valence-corrected chi connectivity index (χ4v) is 2.99. The highest BCUT2D eigenvalue weighted by molar-refractivity contribution is 8.18. The summed E-state index contributed by atoms with van der Waals surface area (Å²) in [5.74, 6) is -1.38. The van der Waals surface area contributed by atoms with Gasteiger partial charge in [0.05, 0.1) is 17.1 Å². The van der Waals surface area contributed by atoms with Gasteiger partial charge in [-0.1, -0.05) is 12.5 Å². The van der Waals surface area contributed by atoms with Crippen LogP contribution in [0.4, 0.5) is 10.5 Å². The van der Waals surface area contributed by atoms with E-state index >= 15 is 0 Å². The van der Waals surface area contributed by atoms with E-state index in [1.54, 1.807) is 26.0 Å². The number of anilines is 1. The highest BCUT2D eigenvalue weighted by atomic mass is 32.2. The second kappa shape index (κ2) is 8.66. The first-order valence-corrected chi connectivity index (χ1v) is 8.93. The number of hydrogen-bond donors (Lipinski definition) is 1. The van der Waals surface area contributed by atoms with E-state index in [1.807, 2.05) is 6.92 Å². The molecule has 0 unspecified atom stereocenters. The monoisotopic (exact) mass is 376 g/mol. The Kier molecular flexibility index (Phi) is 6.57. The van der Waals surface area contributed by atoms with E-state index in [2.05, 4.69) is 5.32 Å². The van der Waals surface area contributed by atoms with Crippen LogP contribution in [-0.2, 0) is 14.3 Å². The predicted octanol–water partition coefficient (Wildman–Crippen LogP) is 3.18. The van der Waals surface area contributed by atoms with Crippen LogP contribution in [-0.4, -0.2) is 41.1 Å². The van der Waals surface area contributed by atoms with Gasteiger partial charge in [0.25, 0.3) is 11.1 Å². The maximum absolute atomic E-state index is 12.1. The molecule has 0 spiro atoms. The fourth-order valence-electron chi connectivity index (χ4n) is 2.16. The van der Waals surface area contributed by atoms with Crippen molar-refractivity contribution in [2.24, 2.45) is 0 Å². The lowest BCUT2D eigenvalue weighted by Gasteiger charge is -2.12. The largest absolute Gasteiger partial charge is 0.462 e. The number of allylic oxidation sites excluding steroid dienone is 1. The quantitative estimate of drug-likeness (QED) is 0.605. The van der Waals surface area contributed by atoms with E-state index in [4.69, 9.17) is 4.74 Å². The average Bonchev–Trinajstić information content (AvgIpc) is 2.88. The molecule has 1 heterocycles. The summed E-state index contributed by atoms with van der Waals surface area (Å²) in [5.41, 5.74) is 1.57. The first-order valence-electron chi connectivity index (χ1n) is 8.11. The van der Waals surface area contributed by atoms with Crippen LogP contribution in [0.3, 0.4) is 0 Å². The third-order valence-corrected chi connectivity index (χ3v) is 4.63. The molecule has 3 amide bonds. The Labute approximate surface area is 155 Å². The van der Waals surface area contributed by atoms with Crippen LogP contribution < -0.4 is 5.32 Å². The molecule has 0 aromatic heterocycles. The normalized spacial score (nSPS) is 13.8. The van der Waals surface area contributed by atoms with E-state index in [9.17, 15) is 19.2 Å². The van der Waals surface area contributed by atoms with E-state index in [-0.39, 0.29) is 6.54 Å². The van der Waals surface area contributed by atoms with Crippen LogP contribution in [0, 0.1) is 0 Å². The summed E-state index contributed by atoms with van der Waals surface area (Å²) in [6.45, 7) is 5.37. The van der Waals surface area contributed by atoms with Gasteiger partial charge in [-0.25, -0.2) is 4.79 Å². The molecule has 0 atom stereocenters. The number of hydrogen-bond acceptors (Lipinski definition) is 6. The molecule has 7 nitrogen and oxygen atoms in total. The molecular weight excluding hydrogens is 356 g/mol. The van der Waals surface area contributed by atoms with Gasteiger partial charge in [-0.05, 0) is 56.3 Å². The Morgan fingerprint density at radius 1 is 1.15 bits per heavy atom. The van der Waals surface area contributed by atoms with Gasteiger partial charge in [0.15, 0.2) is 0 Å². The minimum absolute atomic E-state index is 0.348. The Bertz CT molecular complexity index is 766. The van der Waals surface area contributed by atoms with Crippen molar-refractivity contribution in [3.8, 4) is 0 Å². The number of amides is 3. The lowest BCUT2D eigenvalue weighted by Crippen LogP contribution is -2.36. The van der Waals surface area contributed by atoms with Gasteiger partial charge >= 0.3 is 5.97 Å². The van der Waals surface area contributed by atoms with Gasteiger partial charge < -0.3 is 10.1 Å². The third-order valence-electron chi connectivity index (χ3n) is 3.45. The maximum Gasteiger partial charge on any atom is 0.338 e. The molecule has 1 aliphatic heterocycles. The number of rotatable bonds is 6. The molecule has 1 aromatic rings. The molecule has 0 saturated carbocycles. The molecule has 1 fully saturated rings. The van der Waals surface area contributed by atoms with Crippen LogP contribution >= 0.6 is 11.8 Å². The predicted molar refractivity (Wildman–Crippen MR) is 98.7 cm³/mol. The number of carbonyl (C=O) groups is 4. The van der Waals surface area contributed by atoms with Gasteiger partial charge in [-0.3, -0.25) is 19.3 Å². The molecule has 1 saturated heterocycles. The number of benzene rings is 1. The Morgan fingerprint density at radius 3 is 2.35 bits per heavy atom. The molecular formula is C18H20N2O5S. The van der Waals surface area contributed by atoms with Gasteiger partial charge in [-0.15, -0.1) is 0 Å². The van der Waals surface area contributed by atoms with E-state index < -0.39 is 23.0 Å². The number of nitrogens with zero attached hydrogens (tertiary/aromatic N) is 1. The zero-order chi connectivity index (χ0) is 19.3. The summed E-state index contributed by atoms with van der Waals surface area (Å²) < 4.78 is 5.03. The summed E-state index contributed by atoms with van der Waals surface area (Å²) in [6.07, 6.45) is 0.737. The lowest BCUT2D eigenvalue weighted by molar-refractivity contribution is -0.127. The van der Waals surface area contributed by atoms with Crippen molar-refractivity contribution in [2.75, 3.05) is 18.5 Å². The van der Waals surface area contributed by atoms with Crippen LogP contribution in [0.15, 0.2) is 34.7 Å². The lowest BCUT2D eigenvalue weighted by atomic mass is 10.2. The van der Waals surface area contributed by atoms with E-state index in [0.717, 1.165) is 28.7 Å². The Balaban J connectivity index is 1.96. The summed E-state index contributed by atoms with van der Waals surface area (Å²) in [4.78, 5) is 49.2. The smallest absolute Gasteiger partial charge is 0.338 e. The minimum Gasteiger partial charge on any atom is -0.462 e. The molecule has 2 rings (SSSR count). The number of esters is 1. The standard InChI is InChI=1S/C18H20N2O5S/c1-4-9-25-17(23)12-5-7-13(8-6-12)19-14(21)10-20-16(22)15(11(2)3)26-18(20)24/h5-8H,4,9-10H2,1-3H3,(H,19,21). The molecule has 26 heavy (non-hydrogen) atoms. The number of thioether (sulfide) groups is 1. The second-order valence-corrected chi connectivity index (χ2v) is 6.81. The molecule has 0 bridgehead atoms. The number of imide groups is 1. The van der Waals surface area contributed by atoms with Gasteiger partial charge in [0.2, 0.25) is 5.91 Å². The van der Waals surface area contributed by atoms with E-state index in [1.165, 1.54) is 12.1 Å². The van der Waals surface area contributed by atoms with Gasteiger partial charge in [0.1, 0.15) is 6.54 Å². The van der Waals surface area contributed by atoms with Crippen molar-refractivity contribution in [3.63, 3.8) is 0 Å². The van der Waals surface area contributed by atoms with E-state index in [0.29, 0.717) is 22.8 Å². The second-order valence-electron chi connectivity index (χ2n) is 5.85. The fraction of sp³-hybridized carbons (Fsp3) is 0.333. The molecule has 1 N–H and O–H groups in total. The number of carbonyl (C=O) groups excluding carboxylic acids is 4. The van der Waals surface area contributed by atoms with Crippen molar-refractivity contribution in [1.82, 2.24) is 4.90 Å². The molecule has 1 aromatic carbocycles. The highest BCUT2D eigenvalue weighted by Gasteiger charge is 2.36. The summed E-state index contributed by atoms with van der Waals surface area (Å²) in [7, 11) is 0. The van der Waals surface area contributed by atoms with Crippen LogP contribution in [0.1, 0.15) is 37.6 Å². The van der Waals surface area contributed by atoms with Crippen molar-refractivity contribution in [2.45, 2.75) is 27.2 Å². The van der Waals surface area contributed by atoms with Gasteiger partial charge in [0, 0.05) is 5.69 Å².